The van der Waals surface area contributed by atoms with Crippen LogP contribution in [-0.4, -0.2) is 32.6 Å². The number of carbonyl (C=O) groups is 3. The number of phenols is 1. The summed E-state index contributed by atoms with van der Waals surface area (Å²) in [6.45, 7) is 0. The van der Waals surface area contributed by atoms with Gasteiger partial charge in [-0.15, -0.1) is 0 Å². The average Bonchev–Trinajstić information content (AvgIpc) is 3.51. The van der Waals surface area contributed by atoms with Crippen molar-refractivity contribution in [1.82, 2.24) is 4.57 Å². The number of aromatic nitrogens is 1. The lowest BCUT2D eigenvalue weighted by Crippen LogP contribution is -2.29. The van der Waals surface area contributed by atoms with E-state index in [4.69, 9.17) is 0 Å². The summed E-state index contributed by atoms with van der Waals surface area (Å²) in [4.78, 5) is 36.8. The van der Waals surface area contributed by atoms with Crippen LogP contribution in [0.15, 0.2) is 77.5 Å². The van der Waals surface area contributed by atoms with Crippen molar-refractivity contribution in [3.05, 3.63) is 86.6 Å². The number of fused-ring (bicyclic) bond motifs is 1. The summed E-state index contributed by atoms with van der Waals surface area (Å²) < 4.78 is 2.63. The van der Waals surface area contributed by atoms with Crippen LogP contribution in [0.4, 0.5) is 11.4 Å². The fraction of sp³-hybridized carbons (Fsp3) is 0.0357. The van der Waals surface area contributed by atoms with Gasteiger partial charge in [0.25, 0.3) is 0 Å². The molecule has 0 saturated heterocycles. The molecule has 0 aliphatic rings. The van der Waals surface area contributed by atoms with Crippen molar-refractivity contribution in [3.63, 3.8) is 0 Å². The molecule has 0 atom stereocenters. The molecule has 2 aromatic heterocycles. The number of thiophene rings is 1. The van der Waals surface area contributed by atoms with E-state index in [-0.39, 0.29) is 11.3 Å². The first kappa shape index (κ1) is 25.5. The van der Waals surface area contributed by atoms with Crippen molar-refractivity contribution in [3.8, 4) is 28.1 Å². The zero-order valence-electron chi connectivity index (χ0n) is 19.9. The second kappa shape index (κ2) is 10.3. The van der Waals surface area contributed by atoms with Gasteiger partial charge in [0.15, 0.2) is 0 Å². The summed E-state index contributed by atoms with van der Waals surface area (Å²) >= 11 is 3.71. The van der Waals surface area contributed by atoms with Crippen molar-refractivity contribution in [2.45, 2.75) is 0 Å². The second-order valence-electron chi connectivity index (χ2n) is 8.50. The highest BCUT2D eigenvalue weighted by molar-refractivity contribution is 14.1. The van der Waals surface area contributed by atoms with Gasteiger partial charge in [0.05, 0.1) is 11.2 Å². The Balaban J connectivity index is 1.38. The number of carbonyl (C=O) groups excluding carboxylic acids is 2. The molecule has 0 fully saturated rings. The maximum absolute atomic E-state index is 12.7. The lowest BCUT2D eigenvalue weighted by atomic mass is 10.1. The van der Waals surface area contributed by atoms with Crippen molar-refractivity contribution in [2.75, 3.05) is 10.6 Å². The molecule has 3 aromatic carbocycles. The van der Waals surface area contributed by atoms with Gasteiger partial charge < -0.3 is 25.4 Å². The van der Waals surface area contributed by atoms with E-state index in [0.29, 0.717) is 22.3 Å². The molecule has 38 heavy (non-hydrogen) atoms. The van der Waals surface area contributed by atoms with E-state index >= 15 is 0 Å². The molecule has 0 radical (unpaired) electrons. The molecule has 4 N–H and O–H groups in total. The lowest BCUT2D eigenvalue weighted by molar-refractivity contribution is -0.132. The van der Waals surface area contributed by atoms with Crippen LogP contribution in [0.1, 0.15) is 10.4 Å². The number of amides is 2. The minimum absolute atomic E-state index is 0.180. The van der Waals surface area contributed by atoms with Crippen LogP contribution in [0.3, 0.4) is 0 Å². The van der Waals surface area contributed by atoms with E-state index in [0.717, 1.165) is 26.0 Å². The molecule has 2 amide bonds. The standard InChI is InChI=1S/C28H20IN3O5S/c1-32-22-13-23(33)21(28(36)37)12-20(22)24(29)25(32)16-5-3-7-19(11-16)31-27(35)26(34)30-18-6-2-4-15(10-18)17-8-9-38-14-17/h2-14,33H,1H3,(H,30,34)(H,31,35)(H,36,37). The van der Waals surface area contributed by atoms with Crippen LogP contribution in [0, 0.1) is 3.57 Å². The predicted octanol–water partition coefficient (Wildman–Crippen LogP) is 6.16. The smallest absolute Gasteiger partial charge is 0.339 e. The molecule has 190 valence electrons. The molecule has 0 aliphatic carbocycles. The fourth-order valence-corrected chi connectivity index (χ4v) is 6.01. The molecule has 5 rings (SSSR count). The minimum atomic E-state index is -1.22. The number of hydrogen-bond donors (Lipinski definition) is 4. The number of halogens is 1. The van der Waals surface area contributed by atoms with Crippen LogP contribution < -0.4 is 10.6 Å². The van der Waals surface area contributed by atoms with E-state index in [2.05, 4.69) is 33.2 Å². The zero-order chi connectivity index (χ0) is 27.0. The summed E-state index contributed by atoms with van der Waals surface area (Å²) in [5, 5.41) is 29.5. The highest BCUT2D eigenvalue weighted by Gasteiger charge is 2.20. The number of anilines is 2. The first-order valence-corrected chi connectivity index (χ1v) is 13.3. The van der Waals surface area contributed by atoms with E-state index < -0.39 is 17.8 Å². The third-order valence-corrected chi connectivity index (χ3v) is 7.84. The molecule has 5 aromatic rings. The molecule has 2 heterocycles. The monoisotopic (exact) mass is 637 g/mol. The SMILES string of the molecule is Cn1c(-c2cccc(NC(=O)C(=O)Nc3cccc(-c4ccsc4)c3)c2)c(I)c2cc(C(=O)O)c(O)cc21. The quantitative estimate of drug-likeness (QED) is 0.136. The number of benzene rings is 3. The Morgan fingerprint density at radius 1 is 0.868 bits per heavy atom. The maximum atomic E-state index is 12.7. The number of carboxylic acids is 1. The van der Waals surface area contributed by atoms with Gasteiger partial charge in [0, 0.05) is 39.0 Å². The topological polar surface area (TPSA) is 121 Å². The number of nitrogens with zero attached hydrogens (tertiary/aromatic N) is 1. The molecule has 0 bridgehead atoms. The Labute approximate surface area is 234 Å². The Morgan fingerprint density at radius 2 is 1.50 bits per heavy atom. The highest BCUT2D eigenvalue weighted by Crippen LogP contribution is 2.37. The van der Waals surface area contributed by atoms with Gasteiger partial charge in [0.2, 0.25) is 0 Å². The number of aromatic hydroxyl groups is 1. The molecular weight excluding hydrogens is 617 g/mol. The molecule has 0 aliphatic heterocycles. The van der Waals surface area contributed by atoms with Gasteiger partial charge >= 0.3 is 17.8 Å². The lowest BCUT2D eigenvalue weighted by Gasteiger charge is -2.10. The van der Waals surface area contributed by atoms with Gasteiger partial charge in [-0.25, -0.2) is 4.79 Å². The Kier molecular flexibility index (Phi) is 6.91. The Hall–Kier alpha value is -4.16. The van der Waals surface area contributed by atoms with Crippen molar-refractivity contribution < 1.29 is 24.6 Å². The first-order chi connectivity index (χ1) is 18.2. The number of aryl methyl sites for hydroxylation is 1. The number of nitrogens with one attached hydrogen (secondary N) is 2. The van der Waals surface area contributed by atoms with Gasteiger partial charge in [-0.3, -0.25) is 9.59 Å². The van der Waals surface area contributed by atoms with Gasteiger partial charge in [-0.2, -0.15) is 11.3 Å². The zero-order valence-corrected chi connectivity index (χ0v) is 22.8. The van der Waals surface area contributed by atoms with Crippen LogP contribution in [0.2, 0.25) is 0 Å². The summed E-state index contributed by atoms with van der Waals surface area (Å²) in [6.07, 6.45) is 0. The summed E-state index contributed by atoms with van der Waals surface area (Å²) in [7, 11) is 1.81. The third-order valence-electron chi connectivity index (χ3n) is 6.06. The number of carboxylic acid groups (broad SMARTS) is 1. The van der Waals surface area contributed by atoms with E-state index in [1.54, 1.807) is 35.6 Å². The highest BCUT2D eigenvalue weighted by atomic mass is 127. The molecule has 10 heteroatoms. The molecule has 0 unspecified atom stereocenters. The van der Waals surface area contributed by atoms with Gasteiger partial charge in [-0.05, 0) is 80.9 Å². The Bertz CT molecular complexity index is 1730. The molecule has 0 saturated carbocycles. The molecule has 8 nitrogen and oxygen atoms in total. The third kappa shape index (κ3) is 4.87. The maximum Gasteiger partial charge on any atom is 0.339 e. The van der Waals surface area contributed by atoms with Gasteiger partial charge in [0.1, 0.15) is 11.3 Å². The number of aromatic carboxylic acids is 1. The fourth-order valence-electron chi connectivity index (χ4n) is 4.24. The van der Waals surface area contributed by atoms with Crippen LogP contribution >= 0.6 is 33.9 Å². The largest absolute Gasteiger partial charge is 0.507 e. The number of hydrogen-bond acceptors (Lipinski definition) is 5. The van der Waals surface area contributed by atoms with Crippen LogP contribution in [0.5, 0.6) is 5.75 Å². The second-order valence-corrected chi connectivity index (χ2v) is 10.4. The minimum Gasteiger partial charge on any atom is -0.507 e. The van der Waals surface area contributed by atoms with E-state index in [1.165, 1.54) is 12.1 Å². The number of rotatable bonds is 5. The van der Waals surface area contributed by atoms with Crippen molar-refractivity contribution in [1.29, 1.82) is 0 Å². The van der Waals surface area contributed by atoms with Gasteiger partial charge in [-0.1, -0.05) is 24.3 Å². The Morgan fingerprint density at radius 3 is 2.11 bits per heavy atom. The summed E-state index contributed by atoms with van der Waals surface area (Å²) in [5.41, 5.74) is 4.89. The van der Waals surface area contributed by atoms with Crippen LogP contribution in [0.25, 0.3) is 33.3 Å². The van der Waals surface area contributed by atoms with E-state index in [9.17, 15) is 24.6 Å². The first-order valence-electron chi connectivity index (χ1n) is 11.3. The van der Waals surface area contributed by atoms with E-state index in [1.807, 2.05) is 52.7 Å². The normalized spacial score (nSPS) is 10.9. The molecule has 0 spiro atoms. The summed E-state index contributed by atoms with van der Waals surface area (Å²) in [5.74, 6) is -3.15. The van der Waals surface area contributed by atoms with Crippen LogP contribution in [-0.2, 0) is 16.6 Å². The summed E-state index contributed by atoms with van der Waals surface area (Å²) in [6, 6.07) is 19.1. The van der Waals surface area contributed by atoms with Crippen molar-refractivity contribution in [2.24, 2.45) is 7.05 Å². The van der Waals surface area contributed by atoms with Crippen molar-refractivity contribution >= 4 is 74.0 Å². The average molecular weight is 637 g/mol. The predicted molar refractivity (Wildman–Crippen MR) is 157 cm³/mol. The molecular formula is C28H20IN3O5S.